The van der Waals surface area contributed by atoms with Gasteiger partial charge < -0.3 is 0 Å². The minimum absolute atomic E-state index is 0.112. The van der Waals surface area contributed by atoms with Crippen LogP contribution in [0, 0.1) is 10.1 Å². The van der Waals surface area contributed by atoms with E-state index in [1.165, 1.54) is 24.8 Å². The molecule has 0 spiro atoms. The molecule has 0 radical (unpaired) electrons. The molecule has 7 heteroatoms. The summed E-state index contributed by atoms with van der Waals surface area (Å²) in [5.74, 6) is -0.218. The van der Waals surface area contributed by atoms with E-state index in [-0.39, 0.29) is 11.5 Å². The highest BCUT2D eigenvalue weighted by Crippen LogP contribution is 2.37. The van der Waals surface area contributed by atoms with Crippen molar-refractivity contribution in [3.8, 4) is 0 Å². The number of nitro benzene ring substituents is 1. The van der Waals surface area contributed by atoms with Gasteiger partial charge >= 0.3 is 0 Å². The fourth-order valence-corrected chi connectivity index (χ4v) is 2.94. The molecule has 0 bridgehead atoms. The Labute approximate surface area is 135 Å². The minimum Gasteiger partial charge on any atom is -0.295 e. The number of carbonyl (C=O) groups is 1. The van der Waals surface area contributed by atoms with Crippen LogP contribution in [0.2, 0.25) is 10.0 Å². The molecule has 0 amide bonds. The first-order valence-corrected chi connectivity index (χ1v) is 7.38. The number of hydrogen-bond donors (Lipinski definition) is 0. The summed E-state index contributed by atoms with van der Waals surface area (Å²) in [4.78, 5) is 23.1. The van der Waals surface area contributed by atoms with Crippen LogP contribution in [0.3, 0.4) is 0 Å². The molecule has 2 aromatic rings. The molecule has 0 N–H and O–H groups in total. The summed E-state index contributed by atoms with van der Waals surface area (Å²) in [5.41, 5.74) is 0.193. The standard InChI is InChI=1S/C14H9Cl2NO3S/c1-8(18)9-2-5-14(13(6-9)17(19)20)21-10-3-4-11(15)12(16)7-10/h2-7H,1H3. The Morgan fingerprint density at radius 1 is 1.14 bits per heavy atom. The van der Waals surface area contributed by atoms with Gasteiger partial charge in [-0.15, -0.1) is 0 Å². The Bertz CT molecular complexity index is 734. The third kappa shape index (κ3) is 3.75. The maximum absolute atomic E-state index is 11.3. The largest absolute Gasteiger partial charge is 0.295 e. The first-order valence-electron chi connectivity index (χ1n) is 5.81. The van der Waals surface area contributed by atoms with Crippen LogP contribution < -0.4 is 0 Å². The van der Waals surface area contributed by atoms with Gasteiger partial charge in [-0.2, -0.15) is 0 Å². The van der Waals surface area contributed by atoms with Crippen molar-refractivity contribution in [2.24, 2.45) is 0 Å². The Hall–Kier alpha value is -1.56. The molecule has 0 aliphatic carbocycles. The molecule has 2 rings (SSSR count). The first kappa shape index (κ1) is 15.8. The van der Waals surface area contributed by atoms with Crippen LogP contribution in [0.5, 0.6) is 0 Å². The first-order chi connectivity index (χ1) is 9.88. The second-order valence-corrected chi connectivity index (χ2v) is 6.10. The summed E-state index contributed by atoms with van der Waals surface area (Å²) in [5, 5.41) is 11.9. The molecule has 4 nitrogen and oxygen atoms in total. The Morgan fingerprint density at radius 3 is 2.43 bits per heavy atom. The van der Waals surface area contributed by atoms with Gasteiger partial charge in [0.05, 0.1) is 19.9 Å². The van der Waals surface area contributed by atoms with Crippen molar-refractivity contribution in [2.75, 3.05) is 0 Å². The molecule has 0 saturated carbocycles. The maximum atomic E-state index is 11.3. The fourth-order valence-electron chi connectivity index (χ4n) is 1.63. The lowest BCUT2D eigenvalue weighted by Gasteiger charge is -2.05. The molecule has 0 aromatic heterocycles. The molecular weight excluding hydrogens is 333 g/mol. The van der Waals surface area contributed by atoms with Crippen LogP contribution >= 0.6 is 35.0 Å². The molecule has 0 aliphatic heterocycles. The van der Waals surface area contributed by atoms with E-state index in [1.54, 1.807) is 30.3 Å². The summed E-state index contributed by atoms with van der Waals surface area (Å²) in [6.45, 7) is 1.37. The van der Waals surface area contributed by atoms with Gasteiger partial charge in [-0.25, -0.2) is 0 Å². The van der Waals surface area contributed by atoms with E-state index in [0.29, 0.717) is 20.5 Å². The topological polar surface area (TPSA) is 60.2 Å². The lowest BCUT2D eigenvalue weighted by Crippen LogP contribution is -1.96. The third-order valence-electron chi connectivity index (χ3n) is 2.68. The zero-order valence-electron chi connectivity index (χ0n) is 10.8. The van der Waals surface area contributed by atoms with Crippen molar-refractivity contribution in [1.82, 2.24) is 0 Å². The quantitative estimate of drug-likeness (QED) is 0.432. The maximum Gasteiger partial charge on any atom is 0.283 e. The Kier molecular flexibility index (Phi) is 4.88. The van der Waals surface area contributed by atoms with Gasteiger partial charge in [-0.3, -0.25) is 14.9 Å². The summed E-state index contributed by atoms with van der Waals surface area (Å²) >= 11 is 12.9. The molecular formula is C14H9Cl2NO3S. The molecule has 2 aromatic carbocycles. The molecule has 108 valence electrons. The van der Waals surface area contributed by atoms with Crippen molar-refractivity contribution >= 4 is 46.4 Å². The van der Waals surface area contributed by atoms with Crippen molar-refractivity contribution in [3.63, 3.8) is 0 Å². The van der Waals surface area contributed by atoms with Gasteiger partial charge in [0.1, 0.15) is 0 Å². The summed E-state index contributed by atoms with van der Waals surface area (Å²) in [6, 6.07) is 9.39. The van der Waals surface area contributed by atoms with Gasteiger partial charge in [0.2, 0.25) is 0 Å². The summed E-state index contributed by atoms with van der Waals surface area (Å²) in [6.07, 6.45) is 0. The van der Waals surface area contributed by atoms with Crippen LogP contribution in [0.4, 0.5) is 5.69 Å². The lowest BCUT2D eigenvalue weighted by atomic mass is 10.1. The lowest BCUT2D eigenvalue weighted by molar-refractivity contribution is -0.387. The summed E-state index contributed by atoms with van der Waals surface area (Å²) < 4.78 is 0. The van der Waals surface area contributed by atoms with Gasteiger partial charge in [0.25, 0.3) is 5.69 Å². The highest BCUT2D eigenvalue weighted by Gasteiger charge is 2.17. The predicted molar refractivity (Wildman–Crippen MR) is 83.7 cm³/mol. The van der Waals surface area contributed by atoms with Gasteiger partial charge in [0.15, 0.2) is 5.78 Å². The smallest absolute Gasteiger partial charge is 0.283 e. The van der Waals surface area contributed by atoms with Gasteiger partial charge in [-0.1, -0.05) is 35.0 Å². The zero-order chi connectivity index (χ0) is 15.6. The molecule has 0 atom stereocenters. The van der Waals surface area contributed by atoms with E-state index >= 15 is 0 Å². The van der Waals surface area contributed by atoms with E-state index < -0.39 is 4.92 Å². The van der Waals surface area contributed by atoms with Crippen molar-refractivity contribution in [3.05, 3.63) is 62.1 Å². The van der Waals surface area contributed by atoms with E-state index in [1.807, 2.05) is 0 Å². The van der Waals surface area contributed by atoms with Gasteiger partial charge in [-0.05, 0) is 37.3 Å². The molecule has 0 aliphatic rings. The number of hydrogen-bond acceptors (Lipinski definition) is 4. The van der Waals surface area contributed by atoms with Crippen molar-refractivity contribution in [2.45, 2.75) is 16.7 Å². The highest BCUT2D eigenvalue weighted by molar-refractivity contribution is 7.99. The highest BCUT2D eigenvalue weighted by atomic mass is 35.5. The van der Waals surface area contributed by atoms with Crippen LogP contribution in [-0.2, 0) is 0 Å². The van der Waals surface area contributed by atoms with Crippen LogP contribution in [0.25, 0.3) is 0 Å². The van der Waals surface area contributed by atoms with Crippen LogP contribution in [0.1, 0.15) is 17.3 Å². The van der Waals surface area contributed by atoms with Gasteiger partial charge in [0, 0.05) is 16.5 Å². The second-order valence-electron chi connectivity index (χ2n) is 4.17. The minimum atomic E-state index is -0.508. The predicted octanol–water partition coefficient (Wildman–Crippen LogP) is 5.26. The molecule has 0 saturated heterocycles. The Balaban J connectivity index is 2.41. The number of nitrogens with zero attached hydrogens (tertiary/aromatic N) is 1. The fraction of sp³-hybridized carbons (Fsp3) is 0.0714. The monoisotopic (exact) mass is 341 g/mol. The number of rotatable bonds is 4. The summed E-state index contributed by atoms with van der Waals surface area (Å²) in [7, 11) is 0. The Morgan fingerprint density at radius 2 is 1.86 bits per heavy atom. The van der Waals surface area contributed by atoms with Crippen LogP contribution in [0.15, 0.2) is 46.2 Å². The number of nitro groups is 1. The SMILES string of the molecule is CC(=O)c1ccc(Sc2ccc(Cl)c(Cl)c2)c([N+](=O)[O-])c1. The molecule has 0 heterocycles. The molecule has 21 heavy (non-hydrogen) atoms. The second kappa shape index (κ2) is 6.47. The average Bonchev–Trinajstić information content (AvgIpc) is 2.43. The number of ketones is 1. The normalized spacial score (nSPS) is 10.4. The van der Waals surface area contributed by atoms with Crippen molar-refractivity contribution in [1.29, 1.82) is 0 Å². The zero-order valence-corrected chi connectivity index (χ0v) is 13.1. The number of Topliss-reactive ketones (excluding diaryl/α,β-unsaturated/α-hetero) is 1. The van der Waals surface area contributed by atoms with E-state index in [2.05, 4.69) is 0 Å². The van der Waals surface area contributed by atoms with Crippen molar-refractivity contribution < 1.29 is 9.72 Å². The van der Waals surface area contributed by atoms with E-state index in [0.717, 1.165) is 4.90 Å². The molecule has 0 unspecified atom stereocenters. The van der Waals surface area contributed by atoms with E-state index in [9.17, 15) is 14.9 Å². The third-order valence-corrected chi connectivity index (χ3v) is 4.47. The number of carbonyl (C=O) groups excluding carboxylic acids is 1. The number of benzene rings is 2. The average molecular weight is 342 g/mol. The molecule has 0 fully saturated rings. The van der Waals surface area contributed by atoms with Crippen LogP contribution in [-0.4, -0.2) is 10.7 Å². The van der Waals surface area contributed by atoms with E-state index in [4.69, 9.17) is 23.2 Å². The number of halogens is 2.